The standard InChI is InChI=1S/C16H13Cl2NO/c1-10-5-12(8-19)6-11(2)16(10)20-9-13-7-14(17)3-4-15(13)18/h3-7H,9H2,1-2H3. The Bertz CT molecular complexity index is 666. The maximum atomic E-state index is 8.93. The van der Waals surface area contributed by atoms with Crippen LogP contribution in [-0.2, 0) is 6.61 Å². The van der Waals surface area contributed by atoms with Crippen LogP contribution in [0.25, 0.3) is 0 Å². The van der Waals surface area contributed by atoms with Crippen LogP contribution in [0, 0.1) is 25.2 Å². The highest BCUT2D eigenvalue weighted by molar-refractivity contribution is 6.33. The van der Waals surface area contributed by atoms with Crippen molar-refractivity contribution in [1.82, 2.24) is 0 Å². The highest BCUT2D eigenvalue weighted by Crippen LogP contribution is 2.27. The van der Waals surface area contributed by atoms with Crippen molar-refractivity contribution in [1.29, 1.82) is 5.26 Å². The lowest BCUT2D eigenvalue weighted by Crippen LogP contribution is -2.00. The van der Waals surface area contributed by atoms with E-state index in [9.17, 15) is 0 Å². The third-order valence-electron chi connectivity index (χ3n) is 2.97. The van der Waals surface area contributed by atoms with Crippen molar-refractivity contribution in [3.05, 3.63) is 62.6 Å². The molecule has 0 unspecified atom stereocenters. The highest BCUT2D eigenvalue weighted by Gasteiger charge is 2.08. The number of aryl methyl sites for hydroxylation is 2. The predicted molar refractivity (Wildman–Crippen MR) is 81.4 cm³/mol. The zero-order valence-corrected chi connectivity index (χ0v) is 12.7. The number of benzene rings is 2. The smallest absolute Gasteiger partial charge is 0.125 e. The molecule has 2 nitrogen and oxygen atoms in total. The van der Waals surface area contributed by atoms with E-state index in [1.54, 1.807) is 18.2 Å². The Morgan fingerprint density at radius 1 is 1.10 bits per heavy atom. The molecule has 0 aliphatic carbocycles. The average Bonchev–Trinajstić information content (AvgIpc) is 2.41. The lowest BCUT2D eigenvalue weighted by atomic mass is 10.1. The summed E-state index contributed by atoms with van der Waals surface area (Å²) in [5, 5.41) is 10.2. The van der Waals surface area contributed by atoms with Crippen LogP contribution in [0.1, 0.15) is 22.3 Å². The van der Waals surface area contributed by atoms with E-state index in [0.717, 1.165) is 22.4 Å². The van der Waals surface area contributed by atoms with Gasteiger partial charge in [0.1, 0.15) is 12.4 Å². The van der Waals surface area contributed by atoms with Crippen molar-refractivity contribution >= 4 is 23.2 Å². The molecule has 0 saturated heterocycles. The van der Waals surface area contributed by atoms with Gasteiger partial charge >= 0.3 is 0 Å². The molecule has 0 heterocycles. The fourth-order valence-corrected chi connectivity index (χ4v) is 2.41. The van der Waals surface area contributed by atoms with Crippen LogP contribution in [0.15, 0.2) is 30.3 Å². The minimum absolute atomic E-state index is 0.340. The molecule has 0 atom stereocenters. The summed E-state index contributed by atoms with van der Waals surface area (Å²) in [6.07, 6.45) is 0. The second-order valence-corrected chi connectivity index (χ2v) is 5.42. The highest BCUT2D eigenvalue weighted by atomic mass is 35.5. The van der Waals surface area contributed by atoms with E-state index in [1.165, 1.54) is 0 Å². The van der Waals surface area contributed by atoms with Crippen LogP contribution in [-0.4, -0.2) is 0 Å². The van der Waals surface area contributed by atoms with Gasteiger partial charge in [-0.05, 0) is 55.3 Å². The second kappa shape index (κ2) is 6.17. The summed E-state index contributed by atoms with van der Waals surface area (Å²) < 4.78 is 5.84. The Morgan fingerprint density at radius 3 is 2.35 bits per heavy atom. The van der Waals surface area contributed by atoms with Crippen molar-refractivity contribution in [2.75, 3.05) is 0 Å². The Morgan fingerprint density at radius 2 is 1.75 bits per heavy atom. The summed E-state index contributed by atoms with van der Waals surface area (Å²) in [4.78, 5) is 0. The first-order valence-corrected chi connectivity index (χ1v) is 6.85. The van der Waals surface area contributed by atoms with Gasteiger partial charge in [0, 0.05) is 15.6 Å². The van der Waals surface area contributed by atoms with Crippen LogP contribution < -0.4 is 4.74 Å². The SMILES string of the molecule is Cc1cc(C#N)cc(C)c1OCc1cc(Cl)ccc1Cl. The van der Waals surface area contributed by atoms with Crippen LogP contribution >= 0.6 is 23.2 Å². The molecule has 0 saturated carbocycles. The summed E-state index contributed by atoms with van der Waals surface area (Å²) in [5.74, 6) is 0.778. The molecule has 2 aromatic rings. The summed E-state index contributed by atoms with van der Waals surface area (Å²) in [6, 6.07) is 11.0. The van der Waals surface area contributed by atoms with Crippen LogP contribution in [0.5, 0.6) is 5.75 Å². The molecule has 4 heteroatoms. The molecule has 0 aliphatic rings. The molecule has 0 fully saturated rings. The van der Waals surface area contributed by atoms with E-state index in [1.807, 2.05) is 26.0 Å². The molecule has 0 aliphatic heterocycles. The molecule has 20 heavy (non-hydrogen) atoms. The molecule has 0 radical (unpaired) electrons. The first kappa shape index (κ1) is 14.7. The summed E-state index contributed by atoms with van der Waals surface area (Å²) >= 11 is 12.1. The van der Waals surface area contributed by atoms with Gasteiger partial charge in [-0.3, -0.25) is 0 Å². The minimum atomic E-state index is 0.340. The molecule has 102 valence electrons. The lowest BCUT2D eigenvalue weighted by Gasteiger charge is -2.13. The van der Waals surface area contributed by atoms with Gasteiger partial charge in [0.15, 0.2) is 0 Å². The van der Waals surface area contributed by atoms with Gasteiger partial charge in [-0.15, -0.1) is 0 Å². The van der Waals surface area contributed by atoms with Crippen molar-refractivity contribution in [2.45, 2.75) is 20.5 Å². The number of hydrogen-bond acceptors (Lipinski definition) is 2. The van der Waals surface area contributed by atoms with Gasteiger partial charge in [-0.1, -0.05) is 23.2 Å². The van der Waals surface area contributed by atoms with Gasteiger partial charge < -0.3 is 4.74 Å². The van der Waals surface area contributed by atoms with Crippen LogP contribution in [0.4, 0.5) is 0 Å². The second-order valence-electron chi connectivity index (χ2n) is 4.58. The molecular weight excluding hydrogens is 293 g/mol. The Kier molecular flexibility index (Phi) is 4.54. The Labute approximate surface area is 128 Å². The first-order valence-electron chi connectivity index (χ1n) is 6.09. The van der Waals surface area contributed by atoms with Crippen molar-refractivity contribution in [3.8, 4) is 11.8 Å². The van der Waals surface area contributed by atoms with E-state index in [2.05, 4.69) is 6.07 Å². The normalized spacial score (nSPS) is 10.2. The van der Waals surface area contributed by atoms with Crippen LogP contribution in [0.2, 0.25) is 10.0 Å². The molecule has 0 N–H and O–H groups in total. The van der Waals surface area contributed by atoms with Gasteiger partial charge in [0.2, 0.25) is 0 Å². The number of nitriles is 1. The third-order valence-corrected chi connectivity index (χ3v) is 3.57. The summed E-state index contributed by atoms with van der Waals surface area (Å²) in [7, 11) is 0. The van der Waals surface area contributed by atoms with Gasteiger partial charge in [-0.25, -0.2) is 0 Å². The maximum absolute atomic E-state index is 8.93. The Balaban J connectivity index is 2.23. The van der Waals surface area contributed by atoms with Crippen molar-refractivity contribution in [3.63, 3.8) is 0 Å². The molecule has 0 bridgehead atoms. The molecule has 2 aromatic carbocycles. The van der Waals surface area contributed by atoms with E-state index in [-0.39, 0.29) is 0 Å². The average molecular weight is 306 g/mol. The monoisotopic (exact) mass is 305 g/mol. The number of nitrogens with zero attached hydrogens (tertiary/aromatic N) is 1. The largest absolute Gasteiger partial charge is 0.488 e. The van der Waals surface area contributed by atoms with E-state index in [4.69, 9.17) is 33.2 Å². The lowest BCUT2D eigenvalue weighted by molar-refractivity contribution is 0.302. The Hall–Kier alpha value is -1.69. The van der Waals surface area contributed by atoms with Gasteiger partial charge in [0.05, 0.1) is 11.6 Å². The quantitative estimate of drug-likeness (QED) is 0.794. The van der Waals surface area contributed by atoms with E-state index in [0.29, 0.717) is 22.2 Å². The maximum Gasteiger partial charge on any atom is 0.125 e. The summed E-state index contributed by atoms with van der Waals surface area (Å²) in [5.41, 5.74) is 3.33. The van der Waals surface area contributed by atoms with Crippen LogP contribution in [0.3, 0.4) is 0 Å². The number of ether oxygens (including phenoxy) is 1. The minimum Gasteiger partial charge on any atom is -0.488 e. The molecular formula is C16H13Cl2NO. The zero-order valence-electron chi connectivity index (χ0n) is 11.2. The fraction of sp³-hybridized carbons (Fsp3) is 0.188. The molecule has 0 aromatic heterocycles. The van der Waals surface area contributed by atoms with Gasteiger partial charge in [0.25, 0.3) is 0 Å². The summed E-state index contributed by atoms with van der Waals surface area (Å²) in [6.45, 7) is 4.18. The topological polar surface area (TPSA) is 33.0 Å². The number of rotatable bonds is 3. The molecule has 2 rings (SSSR count). The van der Waals surface area contributed by atoms with E-state index >= 15 is 0 Å². The first-order chi connectivity index (χ1) is 9.51. The molecule has 0 spiro atoms. The zero-order chi connectivity index (χ0) is 14.7. The third kappa shape index (κ3) is 3.25. The van der Waals surface area contributed by atoms with Crippen molar-refractivity contribution in [2.24, 2.45) is 0 Å². The fourth-order valence-electron chi connectivity index (χ4n) is 2.05. The van der Waals surface area contributed by atoms with Crippen molar-refractivity contribution < 1.29 is 4.74 Å². The predicted octanol–water partition coefficient (Wildman–Crippen LogP) is 5.06. The molecule has 0 amide bonds. The van der Waals surface area contributed by atoms with E-state index < -0.39 is 0 Å². The van der Waals surface area contributed by atoms with Gasteiger partial charge in [-0.2, -0.15) is 5.26 Å². The number of hydrogen-bond donors (Lipinski definition) is 0. The number of halogens is 2.